The predicted octanol–water partition coefficient (Wildman–Crippen LogP) is 1.62. The van der Waals surface area contributed by atoms with Gasteiger partial charge in [0.25, 0.3) is 5.56 Å². The highest BCUT2D eigenvalue weighted by Gasteiger charge is 2.22. The van der Waals surface area contributed by atoms with Crippen LogP contribution in [0, 0.1) is 0 Å². The Kier molecular flexibility index (Phi) is 5.86. The molecule has 0 aliphatic carbocycles. The van der Waals surface area contributed by atoms with Crippen LogP contribution in [0.3, 0.4) is 0 Å². The van der Waals surface area contributed by atoms with E-state index in [1.165, 1.54) is 10.8 Å². The van der Waals surface area contributed by atoms with E-state index in [9.17, 15) is 9.59 Å². The standard InChI is InChI=1S/C22H24N4O3/c27-21-16-23-19-8-4-5-9-20(19)26(21)17-22(28)25-12-10-24(11-13-25)14-15-29-18-6-2-1-3-7-18/h1-9,16H,10-15,17H2. The van der Waals surface area contributed by atoms with Gasteiger partial charge in [-0.25, -0.2) is 4.98 Å². The average molecular weight is 392 g/mol. The van der Waals surface area contributed by atoms with Crippen molar-refractivity contribution in [3.8, 4) is 5.75 Å². The molecule has 1 amide bonds. The molecule has 7 nitrogen and oxygen atoms in total. The van der Waals surface area contributed by atoms with Gasteiger partial charge in [-0.1, -0.05) is 30.3 Å². The van der Waals surface area contributed by atoms with Gasteiger partial charge in [0.05, 0.1) is 17.2 Å². The van der Waals surface area contributed by atoms with Crippen LogP contribution in [0.4, 0.5) is 0 Å². The van der Waals surface area contributed by atoms with Crippen molar-refractivity contribution in [1.29, 1.82) is 0 Å². The first-order valence-corrected chi connectivity index (χ1v) is 9.83. The van der Waals surface area contributed by atoms with Gasteiger partial charge in [0.1, 0.15) is 18.9 Å². The van der Waals surface area contributed by atoms with E-state index in [4.69, 9.17) is 4.74 Å². The summed E-state index contributed by atoms with van der Waals surface area (Å²) in [5.74, 6) is 0.833. The van der Waals surface area contributed by atoms with Crippen LogP contribution in [0.25, 0.3) is 11.0 Å². The number of amides is 1. The summed E-state index contributed by atoms with van der Waals surface area (Å²) < 4.78 is 7.25. The number of ether oxygens (including phenoxy) is 1. The Morgan fingerprint density at radius 1 is 0.966 bits per heavy atom. The fraction of sp³-hybridized carbons (Fsp3) is 0.318. The van der Waals surface area contributed by atoms with Gasteiger partial charge < -0.3 is 9.64 Å². The van der Waals surface area contributed by atoms with Gasteiger partial charge in [-0.2, -0.15) is 0 Å². The summed E-state index contributed by atoms with van der Waals surface area (Å²) in [5.41, 5.74) is 1.14. The number of nitrogens with zero attached hydrogens (tertiary/aromatic N) is 4. The van der Waals surface area contributed by atoms with E-state index in [0.717, 1.165) is 25.4 Å². The number of benzene rings is 2. The quantitative estimate of drug-likeness (QED) is 0.638. The van der Waals surface area contributed by atoms with Crippen molar-refractivity contribution in [3.05, 3.63) is 71.1 Å². The lowest BCUT2D eigenvalue weighted by atomic mass is 10.2. The van der Waals surface area contributed by atoms with Crippen LogP contribution in [0.5, 0.6) is 5.75 Å². The summed E-state index contributed by atoms with van der Waals surface area (Å²) in [6.07, 6.45) is 1.28. The molecule has 2 heterocycles. The molecule has 0 bridgehead atoms. The number of para-hydroxylation sites is 3. The Morgan fingerprint density at radius 2 is 1.69 bits per heavy atom. The first-order chi connectivity index (χ1) is 14.2. The van der Waals surface area contributed by atoms with Crippen molar-refractivity contribution in [3.63, 3.8) is 0 Å². The number of hydrogen-bond donors (Lipinski definition) is 0. The first kappa shape index (κ1) is 19.1. The van der Waals surface area contributed by atoms with Gasteiger partial charge in [0.2, 0.25) is 5.91 Å². The van der Waals surface area contributed by atoms with Crippen LogP contribution < -0.4 is 10.3 Å². The Bertz CT molecular complexity index is 1030. The van der Waals surface area contributed by atoms with Crippen molar-refractivity contribution in [2.24, 2.45) is 0 Å². The van der Waals surface area contributed by atoms with E-state index >= 15 is 0 Å². The molecule has 0 radical (unpaired) electrons. The molecule has 1 aliphatic rings. The van der Waals surface area contributed by atoms with Crippen LogP contribution in [0.1, 0.15) is 0 Å². The smallest absolute Gasteiger partial charge is 0.269 e. The van der Waals surface area contributed by atoms with Crippen LogP contribution >= 0.6 is 0 Å². The fourth-order valence-electron chi connectivity index (χ4n) is 3.54. The van der Waals surface area contributed by atoms with Gasteiger partial charge in [0, 0.05) is 32.7 Å². The fourth-order valence-corrected chi connectivity index (χ4v) is 3.54. The molecule has 1 aromatic heterocycles. The lowest BCUT2D eigenvalue weighted by molar-refractivity contribution is -0.133. The minimum absolute atomic E-state index is 0.0383. The minimum Gasteiger partial charge on any atom is -0.492 e. The van der Waals surface area contributed by atoms with E-state index in [-0.39, 0.29) is 18.0 Å². The summed E-state index contributed by atoms with van der Waals surface area (Å²) in [4.78, 5) is 33.3. The van der Waals surface area contributed by atoms with Crippen molar-refractivity contribution < 1.29 is 9.53 Å². The molecule has 150 valence electrons. The van der Waals surface area contributed by atoms with E-state index in [1.54, 1.807) is 0 Å². The Labute approximate surface area is 169 Å². The number of hydrogen-bond acceptors (Lipinski definition) is 5. The molecule has 1 fully saturated rings. The summed E-state index contributed by atoms with van der Waals surface area (Å²) in [6.45, 7) is 4.40. The molecular weight excluding hydrogens is 368 g/mol. The number of aromatic nitrogens is 2. The highest BCUT2D eigenvalue weighted by atomic mass is 16.5. The topological polar surface area (TPSA) is 67.7 Å². The van der Waals surface area contributed by atoms with Crippen LogP contribution in [-0.2, 0) is 11.3 Å². The monoisotopic (exact) mass is 392 g/mol. The van der Waals surface area contributed by atoms with E-state index in [0.29, 0.717) is 30.7 Å². The summed E-state index contributed by atoms with van der Waals surface area (Å²) in [7, 11) is 0. The molecule has 1 saturated heterocycles. The average Bonchev–Trinajstić information content (AvgIpc) is 2.77. The normalized spacial score (nSPS) is 14.8. The second-order valence-corrected chi connectivity index (χ2v) is 7.06. The van der Waals surface area contributed by atoms with Crippen molar-refractivity contribution in [2.45, 2.75) is 6.54 Å². The van der Waals surface area contributed by atoms with Crippen molar-refractivity contribution in [2.75, 3.05) is 39.3 Å². The van der Waals surface area contributed by atoms with Gasteiger partial charge in [-0.05, 0) is 24.3 Å². The zero-order chi connectivity index (χ0) is 20.1. The Hall–Kier alpha value is -3.19. The zero-order valence-corrected chi connectivity index (χ0v) is 16.2. The summed E-state index contributed by atoms with van der Waals surface area (Å²) >= 11 is 0. The summed E-state index contributed by atoms with van der Waals surface area (Å²) in [5, 5.41) is 0. The van der Waals surface area contributed by atoms with E-state index in [1.807, 2.05) is 59.5 Å². The maximum atomic E-state index is 12.8. The summed E-state index contributed by atoms with van der Waals surface area (Å²) in [6, 6.07) is 17.1. The number of carbonyl (C=O) groups excluding carboxylic acids is 1. The Morgan fingerprint density at radius 3 is 2.48 bits per heavy atom. The highest BCUT2D eigenvalue weighted by Crippen LogP contribution is 2.11. The maximum absolute atomic E-state index is 12.8. The molecular formula is C22H24N4O3. The van der Waals surface area contributed by atoms with Gasteiger partial charge in [0.15, 0.2) is 0 Å². The lowest BCUT2D eigenvalue weighted by Gasteiger charge is -2.34. The van der Waals surface area contributed by atoms with E-state index in [2.05, 4.69) is 9.88 Å². The molecule has 29 heavy (non-hydrogen) atoms. The van der Waals surface area contributed by atoms with Crippen LogP contribution in [0.15, 0.2) is 65.6 Å². The van der Waals surface area contributed by atoms with E-state index < -0.39 is 0 Å². The molecule has 3 aromatic rings. The third kappa shape index (κ3) is 4.63. The number of piperazine rings is 1. The van der Waals surface area contributed by atoms with Gasteiger partial charge in [-0.3, -0.25) is 19.1 Å². The number of fused-ring (bicyclic) bond motifs is 1. The third-order valence-corrected chi connectivity index (χ3v) is 5.19. The van der Waals surface area contributed by atoms with Crippen LogP contribution in [-0.4, -0.2) is 64.6 Å². The number of rotatable bonds is 6. The molecule has 7 heteroatoms. The van der Waals surface area contributed by atoms with Crippen molar-refractivity contribution in [1.82, 2.24) is 19.4 Å². The highest BCUT2D eigenvalue weighted by molar-refractivity contribution is 5.80. The van der Waals surface area contributed by atoms with Gasteiger partial charge in [-0.15, -0.1) is 0 Å². The van der Waals surface area contributed by atoms with Crippen LogP contribution in [0.2, 0.25) is 0 Å². The molecule has 2 aromatic carbocycles. The van der Waals surface area contributed by atoms with Crippen molar-refractivity contribution >= 4 is 16.9 Å². The minimum atomic E-state index is -0.256. The molecule has 4 rings (SSSR count). The molecule has 1 aliphatic heterocycles. The molecule has 0 atom stereocenters. The second kappa shape index (κ2) is 8.87. The first-order valence-electron chi connectivity index (χ1n) is 9.83. The van der Waals surface area contributed by atoms with Gasteiger partial charge >= 0.3 is 0 Å². The Balaban J connectivity index is 1.30. The molecule has 0 N–H and O–H groups in total. The lowest BCUT2D eigenvalue weighted by Crippen LogP contribution is -2.50. The third-order valence-electron chi connectivity index (χ3n) is 5.19. The molecule has 0 saturated carbocycles. The predicted molar refractivity (Wildman–Crippen MR) is 111 cm³/mol. The molecule has 0 spiro atoms. The SMILES string of the molecule is O=C(Cn1c(=O)cnc2ccccc21)N1CCN(CCOc2ccccc2)CC1. The maximum Gasteiger partial charge on any atom is 0.269 e. The zero-order valence-electron chi connectivity index (χ0n) is 16.2. The molecule has 0 unspecified atom stereocenters. The number of carbonyl (C=O) groups is 1. The second-order valence-electron chi connectivity index (χ2n) is 7.06. The largest absolute Gasteiger partial charge is 0.492 e.